The summed E-state index contributed by atoms with van der Waals surface area (Å²) in [4.78, 5) is 0. The van der Waals surface area contributed by atoms with Crippen molar-refractivity contribution in [2.75, 3.05) is 24.7 Å². The monoisotopic (exact) mass is 281 g/mol. The molecule has 0 saturated carbocycles. The summed E-state index contributed by atoms with van der Waals surface area (Å²) in [5.41, 5.74) is 0.335. The highest BCUT2D eigenvalue weighted by Gasteiger charge is 2.33. The maximum Gasteiger partial charge on any atom is 0.214 e. The highest BCUT2D eigenvalue weighted by atomic mass is 35.5. The molecule has 0 bridgehead atoms. The Kier molecular flexibility index (Phi) is 5.74. The van der Waals surface area contributed by atoms with E-state index in [0.717, 1.165) is 25.7 Å². The van der Waals surface area contributed by atoms with Gasteiger partial charge in [-0.2, -0.15) is 0 Å². The van der Waals surface area contributed by atoms with Crippen molar-refractivity contribution < 1.29 is 8.42 Å². The molecule has 0 amide bonds. The van der Waals surface area contributed by atoms with Crippen molar-refractivity contribution in [2.45, 2.75) is 46.0 Å². The number of halogens is 1. The molecule has 0 aromatic rings. The van der Waals surface area contributed by atoms with Gasteiger partial charge in [0, 0.05) is 19.0 Å². The topological polar surface area (TPSA) is 37.4 Å². The second-order valence-corrected chi connectivity index (χ2v) is 7.74. The molecule has 1 aliphatic heterocycles. The summed E-state index contributed by atoms with van der Waals surface area (Å²) in [6.07, 6.45) is 4.55. The van der Waals surface area contributed by atoms with Gasteiger partial charge in [-0.25, -0.2) is 12.7 Å². The Hall–Kier alpha value is 0.200. The summed E-state index contributed by atoms with van der Waals surface area (Å²) in [5, 5.41) is 0. The van der Waals surface area contributed by atoms with E-state index in [0.29, 0.717) is 30.8 Å². The minimum absolute atomic E-state index is 0.253. The van der Waals surface area contributed by atoms with E-state index >= 15 is 0 Å². The van der Waals surface area contributed by atoms with E-state index in [2.05, 4.69) is 13.8 Å². The second kappa shape index (κ2) is 6.39. The fourth-order valence-electron chi connectivity index (χ4n) is 2.17. The quantitative estimate of drug-likeness (QED) is 0.555. The van der Waals surface area contributed by atoms with E-state index in [1.165, 1.54) is 0 Å². The van der Waals surface area contributed by atoms with Gasteiger partial charge in [0.2, 0.25) is 10.0 Å². The first-order valence-corrected chi connectivity index (χ1v) is 8.62. The molecule has 3 nitrogen and oxygen atoms in total. The van der Waals surface area contributed by atoms with Gasteiger partial charge in [-0.05, 0) is 31.1 Å². The summed E-state index contributed by atoms with van der Waals surface area (Å²) in [6.45, 7) is 5.82. The third-order valence-electron chi connectivity index (χ3n) is 3.96. The summed E-state index contributed by atoms with van der Waals surface area (Å²) in [5.74, 6) is 0.798. The smallest absolute Gasteiger partial charge is 0.212 e. The van der Waals surface area contributed by atoms with Crippen molar-refractivity contribution in [1.29, 1.82) is 0 Å². The molecule has 0 aliphatic carbocycles. The van der Waals surface area contributed by atoms with E-state index in [1.807, 2.05) is 0 Å². The standard InChI is InChI=1S/C12H24ClNO2S/c1-3-12(2)6-9-14(10-7-12)17(15,16)11-5-4-8-13/h3-11H2,1-2H3. The van der Waals surface area contributed by atoms with Crippen molar-refractivity contribution in [1.82, 2.24) is 4.31 Å². The molecule has 5 heteroatoms. The fourth-order valence-corrected chi connectivity index (χ4v) is 3.92. The molecule has 102 valence electrons. The van der Waals surface area contributed by atoms with Gasteiger partial charge >= 0.3 is 0 Å². The zero-order valence-corrected chi connectivity index (χ0v) is 12.5. The van der Waals surface area contributed by atoms with E-state index in [1.54, 1.807) is 4.31 Å². The van der Waals surface area contributed by atoms with E-state index < -0.39 is 10.0 Å². The van der Waals surface area contributed by atoms with Gasteiger partial charge in [-0.15, -0.1) is 11.6 Å². The first-order valence-electron chi connectivity index (χ1n) is 6.47. The number of piperidine rings is 1. The zero-order chi connectivity index (χ0) is 12.9. The van der Waals surface area contributed by atoms with Gasteiger partial charge in [-0.1, -0.05) is 20.3 Å². The van der Waals surface area contributed by atoms with Gasteiger partial charge in [-0.3, -0.25) is 0 Å². The number of hydrogen-bond acceptors (Lipinski definition) is 2. The normalized spacial score (nSPS) is 21.6. The van der Waals surface area contributed by atoms with Gasteiger partial charge in [0.05, 0.1) is 5.75 Å². The van der Waals surface area contributed by atoms with Crippen LogP contribution in [0.2, 0.25) is 0 Å². The summed E-state index contributed by atoms with van der Waals surface area (Å²) in [7, 11) is -3.04. The first kappa shape index (κ1) is 15.3. The fraction of sp³-hybridized carbons (Fsp3) is 1.00. The highest BCUT2D eigenvalue weighted by Crippen LogP contribution is 2.34. The maximum atomic E-state index is 12.0. The van der Waals surface area contributed by atoms with E-state index in [4.69, 9.17) is 11.6 Å². The molecular weight excluding hydrogens is 258 g/mol. The lowest BCUT2D eigenvalue weighted by Gasteiger charge is -2.38. The molecule has 1 fully saturated rings. The van der Waals surface area contributed by atoms with Crippen LogP contribution in [-0.4, -0.2) is 37.4 Å². The number of unbranched alkanes of at least 4 members (excludes halogenated alkanes) is 1. The predicted molar refractivity (Wildman–Crippen MR) is 72.9 cm³/mol. The van der Waals surface area contributed by atoms with Crippen molar-refractivity contribution in [2.24, 2.45) is 5.41 Å². The summed E-state index contributed by atoms with van der Waals surface area (Å²) >= 11 is 5.56. The van der Waals surface area contributed by atoms with Crippen molar-refractivity contribution in [3.05, 3.63) is 0 Å². The van der Waals surface area contributed by atoms with Crippen LogP contribution in [0.1, 0.15) is 46.0 Å². The number of sulfonamides is 1. The average molecular weight is 282 g/mol. The molecule has 1 saturated heterocycles. The molecule has 0 radical (unpaired) electrons. The van der Waals surface area contributed by atoms with Crippen LogP contribution in [-0.2, 0) is 10.0 Å². The minimum Gasteiger partial charge on any atom is -0.212 e. The van der Waals surface area contributed by atoms with Crippen LogP contribution in [0.4, 0.5) is 0 Å². The Labute approximate surface area is 111 Å². The van der Waals surface area contributed by atoms with Crippen LogP contribution >= 0.6 is 11.6 Å². The molecule has 0 atom stereocenters. The van der Waals surface area contributed by atoms with Gasteiger partial charge in [0.15, 0.2) is 0 Å². The van der Waals surface area contributed by atoms with Crippen LogP contribution in [0.25, 0.3) is 0 Å². The number of rotatable bonds is 6. The zero-order valence-electron chi connectivity index (χ0n) is 10.9. The molecule has 1 rings (SSSR count). The molecule has 0 aromatic carbocycles. The Morgan fingerprint density at radius 1 is 1.24 bits per heavy atom. The Morgan fingerprint density at radius 3 is 2.29 bits per heavy atom. The Bertz CT molecular complexity index is 321. The summed E-state index contributed by atoms with van der Waals surface area (Å²) < 4.78 is 25.8. The van der Waals surface area contributed by atoms with E-state index in [9.17, 15) is 8.42 Å². The van der Waals surface area contributed by atoms with Gasteiger partial charge in [0.25, 0.3) is 0 Å². The van der Waals surface area contributed by atoms with E-state index in [-0.39, 0.29) is 5.75 Å². The maximum absolute atomic E-state index is 12.0. The molecule has 0 spiro atoms. The van der Waals surface area contributed by atoms with Crippen LogP contribution in [0.15, 0.2) is 0 Å². The lowest BCUT2D eigenvalue weighted by molar-refractivity contribution is 0.169. The SMILES string of the molecule is CCC1(C)CCN(S(=O)(=O)CCCCCl)CC1. The second-order valence-electron chi connectivity index (χ2n) is 5.28. The number of hydrogen-bond donors (Lipinski definition) is 0. The summed E-state index contributed by atoms with van der Waals surface area (Å²) in [6, 6.07) is 0. The molecule has 0 unspecified atom stereocenters. The third kappa shape index (κ3) is 4.42. The molecule has 1 aliphatic rings. The largest absolute Gasteiger partial charge is 0.214 e. The molecular formula is C12H24ClNO2S. The average Bonchev–Trinajstić information content (AvgIpc) is 2.30. The van der Waals surface area contributed by atoms with Gasteiger partial charge in [0.1, 0.15) is 0 Å². The van der Waals surface area contributed by atoms with Crippen molar-refractivity contribution >= 4 is 21.6 Å². The number of nitrogens with zero attached hydrogens (tertiary/aromatic N) is 1. The Balaban J connectivity index is 2.47. The molecule has 1 heterocycles. The predicted octanol–water partition coefficient (Wildman–Crippen LogP) is 2.85. The van der Waals surface area contributed by atoms with Crippen LogP contribution in [0, 0.1) is 5.41 Å². The van der Waals surface area contributed by atoms with Crippen LogP contribution in [0.5, 0.6) is 0 Å². The number of alkyl halides is 1. The lowest BCUT2D eigenvalue weighted by Crippen LogP contribution is -2.42. The minimum atomic E-state index is -3.04. The van der Waals surface area contributed by atoms with Gasteiger partial charge < -0.3 is 0 Å². The molecule has 0 aromatic heterocycles. The third-order valence-corrected chi connectivity index (χ3v) is 6.19. The van der Waals surface area contributed by atoms with Crippen LogP contribution < -0.4 is 0 Å². The van der Waals surface area contributed by atoms with Crippen molar-refractivity contribution in [3.8, 4) is 0 Å². The van der Waals surface area contributed by atoms with Crippen LogP contribution in [0.3, 0.4) is 0 Å². The molecule has 0 N–H and O–H groups in total. The Morgan fingerprint density at radius 2 is 1.82 bits per heavy atom. The highest BCUT2D eigenvalue weighted by molar-refractivity contribution is 7.89. The first-order chi connectivity index (χ1) is 7.93. The lowest BCUT2D eigenvalue weighted by atomic mass is 9.79. The molecule has 17 heavy (non-hydrogen) atoms. The van der Waals surface area contributed by atoms with Crippen molar-refractivity contribution in [3.63, 3.8) is 0 Å².